The number of aryl methyl sites for hydroxylation is 2. The minimum Gasteiger partial charge on any atom is -0.487 e. The van der Waals surface area contributed by atoms with Crippen LogP contribution in [0.15, 0.2) is 99.8 Å². The van der Waals surface area contributed by atoms with E-state index in [4.69, 9.17) is 18.9 Å². The molecule has 4 aliphatic rings. The number of aromatic amines is 1. The molecule has 14 rings (SSSR count). The normalized spacial score (nSPS) is 16.2. The first-order valence-electron chi connectivity index (χ1n) is 30.7. The van der Waals surface area contributed by atoms with E-state index in [1.807, 2.05) is 51.3 Å². The number of piperazine rings is 1. The van der Waals surface area contributed by atoms with E-state index in [2.05, 4.69) is 29.9 Å². The lowest BCUT2D eigenvalue weighted by atomic mass is 9.95. The number of amides is 1. The predicted molar refractivity (Wildman–Crippen MR) is 344 cm³/mol. The van der Waals surface area contributed by atoms with Crippen molar-refractivity contribution >= 4 is 61.1 Å². The van der Waals surface area contributed by atoms with Gasteiger partial charge in [-0.1, -0.05) is 39.8 Å². The second kappa shape index (κ2) is 23.4. The Labute approximate surface area is 525 Å². The second-order valence-electron chi connectivity index (χ2n) is 25.3. The number of ether oxygens (including phenoxy) is 4. The van der Waals surface area contributed by atoms with E-state index in [1.165, 1.54) is 59.0 Å². The highest BCUT2D eigenvalue weighted by Gasteiger charge is 2.40. The molecule has 0 spiro atoms. The van der Waals surface area contributed by atoms with Gasteiger partial charge in [-0.2, -0.15) is 9.97 Å². The van der Waals surface area contributed by atoms with Gasteiger partial charge in [-0.15, -0.1) is 0 Å². The van der Waals surface area contributed by atoms with Crippen LogP contribution in [0.4, 0.5) is 34.0 Å². The molecule has 0 bridgehead atoms. The van der Waals surface area contributed by atoms with Crippen LogP contribution >= 0.6 is 0 Å². The van der Waals surface area contributed by atoms with Gasteiger partial charge in [0.2, 0.25) is 5.88 Å². The van der Waals surface area contributed by atoms with E-state index in [9.17, 15) is 19.2 Å². The minimum atomic E-state index is -0.834. The molecule has 0 saturated carbocycles. The van der Waals surface area contributed by atoms with Crippen molar-refractivity contribution < 1.29 is 41.3 Å². The summed E-state index contributed by atoms with van der Waals surface area (Å²) in [6.07, 6.45) is 8.56. The molecule has 1 N–H and O–H groups in total. The molecular formula is C69H67F4N11O8. The lowest BCUT2D eigenvalue weighted by molar-refractivity contribution is 0.0201. The molecule has 92 heavy (non-hydrogen) atoms. The van der Waals surface area contributed by atoms with Gasteiger partial charge in [0.25, 0.3) is 5.56 Å². The van der Waals surface area contributed by atoms with Crippen LogP contribution in [-0.4, -0.2) is 114 Å². The number of fused-ring (bicyclic) bond motifs is 6. The number of aromatic nitrogens is 8. The lowest BCUT2D eigenvalue weighted by Crippen LogP contribution is -2.57. The number of hydrogen-bond donors (Lipinski definition) is 1. The lowest BCUT2D eigenvalue weighted by Gasteiger charge is -2.41. The van der Waals surface area contributed by atoms with Crippen LogP contribution in [0.3, 0.4) is 0 Å². The molecule has 10 aromatic rings. The molecule has 6 aromatic heterocycles. The van der Waals surface area contributed by atoms with E-state index in [0.29, 0.717) is 56.8 Å². The van der Waals surface area contributed by atoms with Gasteiger partial charge in [0.05, 0.1) is 74.5 Å². The first kappa shape index (κ1) is 61.0. The first-order valence-corrected chi connectivity index (χ1v) is 30.7. The number of benzene rings is 4. The van der Waals surface area contributed by atoms with Crippen LogP contribution in [0.2, 0.25) is 0 Å². The Morgan fingerprint density at radius 1 is 0.641 bits per heavy atom. The molecule has 0 unspecified atom stereocenters. The Bertz CT molecular complexity index is 4890. The zero-order chi connectivity index (χ0) is 64.9. The summed E-state index contributed by atoms with van der Waals surface area (Å²) in [5, 5.41) is 1.91. The van der Waals surface area contributed by atoms with Crippen molar-refractivity contribution in [3.8, 4) is 51.0 Å². The van der Waals surface area contributed by atoms with Crippen LogP contribution in [0.1, 0.15) is 102 Å². The van der Waals surface area contributed by atoms with Crippen LogP contribution in [0.25, 0.3) is 77.0 Å². The maximum absolute atomic E-state index is 17.2. The van der Waals surface area contributed by atoms with Crippen molar-refractivity contribution in [3.63, 3.8) is 0 Å². The van der Waals surface area contributed by atoms with Crippen molar-refractivity contribution in [1.29, 1.82) is 0 Å². The van der Waals surface area contributed by atoms with Crippen LogP contribution in [0, 0.1) is 37.1 Å². The topological polar surface area (TPSA) is 205 Å². The Morgan fingerprint density at radius 2 is 1.16 bits per heavy atom. The van der Waals surface area contributed by atoms with Crippen molar-refractivity contribution in [1.82, 2.24) is 43.9 Å². The number of anilines is 2. The van der Waals surface area contributed by atoms with Gasteiger partial charge in [0, 0.05) is 73.2 Å². The standard InChI is InChI=1S/C37H38F2N6O5.C32H29F2N5O3/c1-19(2)30-31(20(3)10-12-40-30)45-25-16-23(27-24(38)9-8-21-11-13-41-34(48-7)26(21)27)29(39)32-28(25)33(42-35(45)46)44-15-14-43(17-22(44)18-49-32)36(47)50-37(4,5)6;1-16(2)27-28(17(3)9-11-35-27)39-22-14-20(24-21(33)8-7-18-10-12-36-31(40)23(18)24)26(34)29-25(22)30(37-32(39)41)38-13-5-4-6-19(38)15-42-29/h8-13,16,19,22H,14-15,17-18H2,1-7H3;7-12,14,16,19H,4-6,13,15H2,1-3H3,(H,36,40)/t22-;19-/m11/s1. The summed E-state index contributed by atoms with van der Waals surface area (Å²) >= 11 is 0. The number of hydrogen-bond acceptors (Lipinski definition) is 15. The number of carbonyl (C=O) groups is 1. The molecule has 2 saturated heterocycles. The summed E-state index contributed by atoms with van der Waals surface area (Å²) in [5.74, 6) is -2.85. The third kappa shape index (κ3) is 10.2. The van der Waals surface area contributed by atoms with Gasteiger partial charge in [0.1, 0.15) is 42.1 Å². The summed E-state index contributed by atoms with van der Waals surface area (Å²) in [4.78, 5) is 85.2. The molecule has 4 aromatic carbocycles. The zero-order valence-electron chi connectivity index (χ0n) is 52.5. The summed E-state index contributed by atoms with van der Waals surface area (Å²) in [6.45, 7) is 18.5. The maximum Gasteiger partial charge on any atom is 0.410 e. The Morgan fingerprint density at radius 3 is 1.71 bits per heavy atom. The minimum absolute atomic E-state index is 0.0117. The van der Waals surface area contributed by atoms with E-state index in [1.54, 1.807) is 68.4 Å². The number of nitrogens with one attached hydrogen (secondary N) is 1. The smallest absolute Gasteiger partial charge is 0.410 e. The Kier molecular flexibility index (Phi) is 15.5. The number of piperidine rings is 1. The number of halogens is 4. The summed E-state index contributed by atoms with van der Waals surface area (Å²) in [6, 6.07) is 14.8. The van der Waals surface area contributed by atoms with Crippen molar-refractivity contribution in [3.05, 3.63) is 163 Å². The SMILES string of the molecule is COc1nccc2ccc(F)c(-c3cc4c5c(nc(=O)n4-c4c(C)ccnc4C(C)C)N4CCN(C(=O)OC(C)(C)C)C[C@@H]4COc5c3F)c12.Cc1ccnc(C(C)C)c1-n1c(=O)nc2c3c(c(F)c(-c4c(F)ccc5cc[nH]c(=O)c45)cc31)OC[C@H]1CCCCN21. The fourth-order valence-corrected chi connectivity index (χ4v) is 13.4. The molecular weight excluding hydrogens is 1190 g/mol. The molecule has 2 atom stereocenters. The number of carbonyl (C=O) groups excluding carboxylic acids is 1. The highest BCUT2D eigenvalue weighted by molar-refractivity contribution is 6.06. The maximum atomic E-state index is 17.2. The fourth-order valence-electron chi connectivity index (χ4n) is 13.4. The molecule has 0 aliphatic carbocycles. The number of methoxy groups -OCH3 is 1. The molecule has 19 nitrogen and oxygen atoms in total. The van der Waals surface area contributed by atoms with E-state index >= 15 is 17.6 Å². The van der Waals surface area contributed by atoms with Gasteiger partial charge < -0.3 is 38.6 Å². The highest BCUT2D eigenvalue weighted by atomic mass is 19.1. The molecule has 23 heteroatoms. The number of nitrogens with zero attached hydrogens (tertiary/aromatic N) is 10. The van der Waals surface area contributed by atoms with Crippen LogP contribution in [-0.2, 0) is 4.74 Å². The monoisotopic (exact) mass is 1250 g/mol. The third-order valence-corrected chi connectivity index (χ3v) is 17.6. The average Bonchev–Trinajstić information content (AvgIpc) is 1.14. The molecule has 4 aliphatic heterocycles. The average molecular weight is 1250 g/mol. The Hall–Kier alpha value is -9.93. The second-order valence-corrected chi connectivity index (χ2v) is 25.3. The molecule has 2 fully saturated rings. The third-order valence-electron chi connectivity index (χ3n) is 17.6. The quantitative estimate of drug-likeness (QED) is 0.147. The van der Waals surface area contributed by atoms with Crippen molar-refractivity contribution in [2.24, 2.45) is 0 Å². The van der Waals surface area contributed by atoms with Crippen LogP contribution < -0.4 is 40.9 Å². The Balaban J connectivity index is 0.000000170. The van der Waals surface area contributed by atoms with Gasteiger partial charge in [-0.05, 0) is 136 Å². The fraction of sp³-hybridized carbons (Fsp3) is 0.348. The van der Waals surface area contributed by atoms with Crippen LogP contribution in [0.5, 0.6) is 17.4 Å². The summed E-state index contributed by atoms with van der Waals surface area (Å²) < 4.78 is 92.3. The van der Waals surface area contributed by atoms with Gasteiger partial charge in [-0.3, -0.25) is 23.9 Å². The summed E-state index contributed by atoms with van der Waals surface area (Å²) in [5.41, 5.74) is 1.41. The number of H-pyrrole nitrogens is 1. The van der Waals surface area contributed by atoms with Crippen molar-refractivity contribution in [2.45, 2.75) is 111 Å². The first-order chi connectivity index (χ1) is 44.0. The van der Waals surface area contributed by atoms with E-state index in [-0.39, 0.29) is 118 Å². The van der Waals surface area contributed by atoms with Gasteiger partial charge >= 0.3 is 17.5 Å². The van der Waals surface area contributed by atoms with Gasteiger partial charge in [0.15, 0.2) is 23.1 Å². The largest absolute Gasteiger partial charge is 0.487 e. The van der Waals surface area contributed by atoms with E-state index < -0.39 is 57.9 Å². The molecule has 0 radical (unpaired) electrons. The zero-order valence-corrected chi connectivity index (χ0v) is 52.5. The molecule has 474 valence electrons. The van der Waals surface area contributed by atoms with Crippen molar-refractivity contribution in [2.75, 3.05) is 56.3 Å². The predicted octanol–water partition coefficient (Wildman–Crippen LogP) is 12.3. The van der Waals surface area contributed by atoms with E-state index in [0.717, 1.165) is 30.4 Å². The molecule has 10 heterocycles. The number of pyridine rings is 4. The van der Waals surface area contributed by atoms with Gasteiger partial charge in [-0.25, -0.2) is 36.9 Å². The number of rotatable bonds is 7. The molecule has 1 amide bonds. The summed E-state index contributed by atoms with van der Waals surface area (Å²) in [7, 11) is 1.41. The highest BCUT2D eigenvalue weighted by Crippen LogP contribution is 2.49.